The van der Waals surface area contributed by atoms with Crippen molar-refractivity contribution < 1.29 is 4.79 Å². The van der Waals surface area contributed by atoms with E-state index in [0.29, 0.717) is 28.2 Å². The van der Waals surface area contributed by atoms with Gasteiger partial charge in [0.1, 0.15) is 11.3 Å². The van der Waals surface area contributed by atoms with Gasteiger partial charge in [0.2, 0.25) is 0 Å². The summed E-state index contributed by atoms with van der Waals surface area (Å²) in [5.74, 6) is 5.88. The van der Waals surface area contributed by atoms with Crippen LogP contribution in [0.4, 0.5) is 5.82 Å². The number of carbonyl (C=O) groups excluding carboxylic acids is 1. The highest BCUT2D eigenvalue weighted by Crippen LogP contribution is 2.22. The van der Waals surface area contributed by atoms with Crippen molar-refractivity contribution in [3.05, 3.63) is 112 Å². The summed E-state index contributed by atoms with van der Waals surface area (Å²) in [5.41, 5.74) is 10.4. The van der Waals surface area contributed by atoms with Gasteiger partial charge in [0.15, 0.2) is 11.5 Å². The van der Waals surface area contributed by atoms with Gasteiger partial charge in [-0.25, -0.2) is 14.3 Å². The molecular formula is C29H25N9O2. The molecule has 6 aromatic rings. The van der Waals surface area contributed by atoms with E-state index in [9.17, 15) is 9.59 Å². The average Bonchev–Trinajstić information content (AvgIpc) is 3.62. The first-order valence-electron chi connectivity index (χ1n) is 12.6. The Bertz CT molecular complexity index is 2030. The van der Waals surface area contributed by atoms with Gasteiger partial charge < -0.3 is 11.1 Å². The predicted molar refractivity (Wildman–Crippen MR) is 150 cm³/mol. The van der Waals surface area contributed by atoms with E-state index in [-0.39, 0.29) is 17.1 Å². The zero-order valence-electron chi connectivity index (χ0n) is 22.0. The lowest BCUT2D eigenvalue weighted by atomic mass is 10.1. The molecule has 198 valence electrons. The van der Waals surface area contributed by atoms with E-state index in [1.807, 2.05) is 69.4 Å². The van der Waals surface area contributed by atoms with Gasteiger partial charge in [0.25, 0.3) is 5.91 Å². The topological polar surface area (TPSA) is 130 Å². The van der Waals surface area contributed by atoms with E-state index >= 15 is 0 Å². The third kappa shape index (κ3) is 4.08. The number of carbonyl (C=O) groups is 1. The normalized spacial score (nSPS) is 11.9. The summed E-state index contributed by atoms with van der Waals surface area (Å²) in [6, 6.07) is 15.9. The van der Waals surface area contributed by atoms with Gasteiger partial charge in [-0.1, -0.05) is 24.1 Å². The predicted octanol–water partition coefficient (Wildman–Crippen LogP) is 2.65. The first kappa shape index (κ1) is 24.7. The fourth-order valence-electron chi connectivity index (χ4n) is 4.68. The van der Waals surface area contributed by atoms with Crippen molar-refractivity contribution >= 4 is 22.9 Å². The molecule has 0 aliphatic carbocycles. The van der Waals surface area contributed by atoms with Gasteiger partial charge in [-0.2, -0.15) is 5.10 Å². The van der Waals surface area contributed by atoms with E-state index < -0.39 is 11.9 Å². The minimum absolute atomic E-state index is 0.0676. The van der Waals surface area contributed by atoms with Gasteiger partial charge in [-0.05, 0) is 56.2 Å². The van der Waals surface area contributed by atoms with E-state index in [2.05, 4.69) is 32.3 Å². The number of anilines is 1. The number of hydrogen-bond acceptors (Lipinski definition) is 6. The Kier molecular flexibility index (Phi) is 5.92. The Morgan fingerprint density at radius 2 is 1.90 bits per heavy atom. The molecule has 0 saturated carbocycles. The number of amides is 1. The molecule has 0 spiro atoms. The number of benzene rings is 1. The molecule has 3 N–H and O–H groups in total. The smallest absolute Gasteiger partial charge is 0.338 e. The summed E-state index contributed by atoms with van der Waals surface area (Å²) in [5, 5.41) is 11.4. The van der Waals surface area contributed by atoms with Crippen molar-refractivity contribution in [2.75, 3.05) is 5.73 Å². The molecule has 5 heterocycles. The largest absolute Gasteiger partial charge is 0.381 e. The summed E-state index contributed by atoms with van der Waals surface area (Å²) in [6.07, 6.45) is 4.94. The highest BCUT2D eigenvalue weighted by molar-refractivity contribution is 6.04. The first-order valence-corrected chi connectivity index (χ1v) is 12.6. The van der Waals surface area contributed by atoms with Gasteiger partial charge in [-0.15, -0.1) is 5.10 Å². The Hall–Kier alpha value is -5.63. The lowest BCUT2D eigenvalue weighted by molar-refractivity contribution is 0.0941. The molecule has 1 amide bonds. The minimum atomic E-state index is -0.578. The molecule has 0 bridgehead atoms. The maximum atomic E-state index is 14.0. The first-order chi connectivity index (χ1) is 19.3. The molecule has 1 atom stereocenters. The maximum absolute atomic E-state index is 14.0. The Balaban J connectivity index is 1.45. The molecular weight excluding hydrogens is 506 g/mol. The number of nitrogen functional groups attached to an aromatic ring is 1. The van der Waals surface area contributed by atoms with Crippen LogP contribution < -0.4 is 16.7 Å². The fraction of sp³-hybridized carbons (Fsp3) is 0.138. The number of para-hydroxylation sites is 1. The molecule has 0 radical (unpaired) electrons. The molecule has 0 aliphatic heterocycles. The number of hydrogen-bond donors (Lipinski definition) is 2. The van der Waals surface area contributed by atoms with Crippen LogP contribution in [0, 0.1) is 18.8 Å². The third-order valence-electron chi connectivity index (χ3n) is 6.86. The van der Waals surface area contributed by atoms with Crippen molar-refractivity contribution in [1.82, 2.24) is 38.7 Å². The Morgan fingerprint density at radius 3 is 2.65 bits per heavy atom. The molecule has 0 saturated heterocycles. The monoisotopic (exact) mass is 531 g/mol. The Labute approximate surface area is 228 Å². The SMILES string of the molecule is Cc1c(C#Cc2ccc3cc([C@@H](C)NC(=O)c4c(N)nn5cccnc45)n(-c4ccccc4)c(=O)n23)cnn1C. The van der Waals surface area contributed by atoms with Crippen molar-refractivity contribution in [1.29, 1.82) is 0 Å². The van der Waals surface area contributed by atoms with Crippen LogP contribution in [-0.4, -0.2) is 39.3 Å². The van der Waals surface area contributed by atoms with E-state index in [1.54, 1.807) is 38.3 Å². The number of nitrogens with zero attached hydrogens (tertiary/aromatic N) is 7. The molecule has 40 heavy (non-hydrogen) atoms. The lowest BCUT2D eigenvalue weighted by Gasteiger charge is -2.20. The molecule has 0 fully saturated rings. The average molecular weight is 532 g/mol. The second-order valence-electron chi connectivity index (χ2n) is 9.36. The fourth-order valence-corrected chi connectivity index (χ4v) is 4.68. The highest BCUT2D eigenvalue weighted by Gasteiger charge is 2.24. The Morgan fingerprint density at radius 1 is 1.10 bits per heavy atom. The highest BCUT2D eigenvalue weighted by atomic mass is 16.2. The van der Waals surface area contributed by atoms with Crippen LogP contribution in [0.1, 0.15) is 46.0 Å². The standard InChI is InChI=1S/C29H25N9O2/c1-18(33-28(39)25-26(30)34-36-15-7-14-31-27(25)36)24-16-23-13-12-22(11-10-20-17-32-35(3)19(20)2)37(23)29(40)38(24)21-8-5-4-6-9-21/h4-9,12-18H,1-3H3,(H2,30,34)(H,33,39)/t18-/m1/s1. The number of nitrogens with one attached hydrogen (secondary N) is 1. The van der Waals surface area contributed by atoms with Crippen LogP contribution in [0.5, 0.6) is 0 Å². The van der Waals surface area contributed by atoms with Crippen molar-refractivity contribution in [2.24, 2.45) is 7.05 Å². The van der Waals surface area contributed by atoms with Crippen molar-refractivity contribution in [3.8, 4) is 17.5 Å². The van der Waals surface area contributed by atoms with Crippen LogP contribution in [-0.2, 0) is 7.05 Å². The summed E-state index contributed by atoms with van der Waals surface area (Å²) in [4.78, 5) is 31.7. The van der Waals surface area contributed by atoms with Crippen LogP contribution in [0.15, 0.2) is 78.0 Å². The second-order valence-corrected chi connectivity index (χ2v) is 9.36. The van der Waals surface area contributed by atoms with Crippen molar-refractivity contribution in [3.63, 3.8) is 0 Å². The molecule has 6 rings (SSSR count). The van der Waals surface area contributed by atoms with Gasteiger partial charge in [-0.3, -0.25) is 18.4 Å². The van der Waals surface area contributed by atoms with Gasteiger partial charge >= 0.3 is 5.69 Å². The molecule has 0 aliphatic rings. The van der Waals surface area contributed by atoms with Gasteiger partial charge in [0, 0.05) is 19.4 Å². The van der Waals surface area contributed by atoms with E-state index in [4.69, 9.17) is 5.73 Å². The molecule has 11 heteroatoms. The number of aryl methyl sites for hydroxylation is 1. The maximum Gasteiger partial charge on any atom is 0.338 e. The number of fused-ring (bicyclic) bond motifs is 2. The molecule has 11 nitrogen and oxygen atoms in total. The van der Waals surface area contributed by atoms with Crippen LogP contribution in [0.25, 0.3) is 16.9 Å². The second kappa shape index (κ2) is 9.59. The third-order valence-corrected chi connectivity index (χ3v) is 6.86. The number of nitrogens with two attached hydrogens (primary N) is 1. The summed E-state index contributed by atoms with van der Waals surface area (Å²) in [6.45, 7) is 3.75. The van der Waals surface area contributed by atoms with Gasteiger partial charge in [0.05, 0.1) is 40.4 Å². The zero-order valence-corrected chi connectivity index (χ0v) is 22.0. The zero-order chi connectivity index (χ0) is 28.0. The molecule has 0 unspecified atom stereocenters. The number of rotatable bonds is 4. The van der Waals surface area contributed by atoms with Crippen LogP contribution >= 0.6 is 0 Å². The van der Waals surface area contributed by atoms with E-state index in [1.165, 1.54) is 4.52 Å². The van der Waals surface area contributed by atoms with Crippen LogP contribution in [0.2, 0.25) is 0 Å². The van der Waals surface area contributed by atoms with E-state index in [0.717, 1.165) is 11.3 Å². The minimum Gasteiger partial charge on any atom is -0.381 e. The number of aromatic nitrogens is 7. The van der Waals surface area contributed by atoms with Crippen molar-refractivity contribution in [2.45, 2.75) is 19.9 Å². The van der Waals surface area contributed by atoms with Crippen LogP contribution in [0.3, 0.4) is 0 Å². The molecule has 5 aromatic heterocycles. The quantitative estimate of drug-likeness (QED) is 0.337. The summed E-state index contributed by atoms with van der Waals surface area (Å²) < 4.78 is 6.35. The molecule has 1 aromatic carbocycles. The lowest BCUT2D eigenvalue weighted by Crippen LogP contribution is -2.34. The summed E-state index contributed by atoms with van der Waals surface area (Å²) in [7, 11) is 1.85. The summed E-state index contributed by atoms with van der Waals surface area (Å²) >= 11 is 0.